The lowest BCUT2D eigenvalue weighted by molar-refractivity contribution is 0.363. The van der Waals surface area contributed by atoms with Crippen molar-refractivity contribution in [1.82, 2.24) is 24.7 Å². The van der Waals surface area contributed by atoms with Crippen molar-refractivity contribution in [2.75, 3.05) is 18.0 Å². The molecule has 6 heteroatoms. The smallest absolute Gasteiger partial charge is 0.225 e. The number of nitrogens with zero attached hydrogens (tertiary/aromatic N) is 6. The molecule has 3 rings (SSSR count). The Kier molecular flexibility index (Phi) is 3.61. The van der Waals surface area contributed by atoms with E-state index in [-0.39, 0.29) is 5.41 Å². The largest absolute Gasteiger partial charge is 0.341 e. The Morgan fingerprint density at radius 2 is 1.95 bits per heavy atom. The van der Waals surface area contributed by atoms with Crippen LogP contribution in [0.15, 0.2) is 24.9 Å². The van der Waals surface area contributed by atoms with Crippen molar-refractivity contribution >= 4 is 5.95 Å². The van der Waals surface area contributed by atoms with Crippen LogP contribution in [0.3, 0.4) is 0 Å². The van der Waals surface area contributed by atoms with Crippen LogP contribution in [0.25, 0.3) is 0 Å². The third-order valence-corrected chi connectivity index (χ3v) is 3.97. The lowest BCUT2D eigenvalue weighted by Gasteiger charge is -2.32. The van der Waals surface area contributed by atoms with E-state index in [0.717, 1.165) is 37.6 Å². The fourth-order valence-electron chi connectivity index (χ4n) is 2.65. The summed E-state index contributed by atoms with van der Waals surface area (Å²) in [5.41, 5.74) is 1.14. The van der Waals surface area contributed by atoms with Crippen LogP contribution in [0.4, 0.5) is 5.95 Å². The lowest BCUT2D eigenvalue weighted by Crippen LogP contribution is -2.36. The first-order valence-electron chi connectivity index (χ1n) is 7.46. The molecule has 0 saturated carbocycles. The molecule has 0 aliphatic carbocycles. The monoisotopic (exact) mass is 286 g/mol. The van der Waals surface area contributed by atoms with Crippen LogP contribution in [-0.2, 0) is 5.41 Å². The molecule has 0 atom stereocenters. The van der Waals surface area contributed by atoms with Crippen LogP contribution < -0.4 is 4.90 Å². The summed E-state index contributed by atoms with van der Waals surface area (Å²) in [5, 5.41) is 4.24. The maximum atomic E-state index is 4.74. The minimum Gasteiger partial charge on any atom is -0.341 e. The summed E-state index contributed by atoms with van der Waals surface area (Å²) in [4.78, 5) is 15.5. The number of aromatic nitrogens is 5. The van der Waals surface area contributed by atoms with Crippen LogP contribution in [0.2, 0.25) is 0 Å². The average Bonchev–Trinajstić information content (AvgIpc) is 3.01. The third kappa shape index (κ3) is 3.04. The standard InChI is InChI=1S/C15H22N6/c1-15(2,3)13-4-7-17-14(19-13)20-8-5-12(6-9-20)21-11-16-10-18-21/h4,7,10-12H,5-6,8-9H2,1-3H3. The van der Waals surface area contributed by atoms with E-state index in [0.29, 0.717) is 6.04 Å². The van der Waals surface area contributed by atoms with Gasteiger partial charge in [-0.25, -0.2) is 19.6 Å². The normalized spacial score (nSPS) is 17.2. The Balaban J connectivity index is 1.70. The summed E-state index contributed by atoms with van der Waals surface area (Å²) in [6, 6.07) is 2.45. The summed E-state index contributed by atoms with van der Waals surface area (Å²) in [6.07, 6.45) is 7.37. The molecule has 21 heavy (non-hydrogen) atoms. The molecule has 6 nitrogen and oxygen atoms in total. The molecule has 0 radical (unpaired) electrons. The zero-order valence-corrected chi connectivity index (χ0v) is 12.9. The molecule has 0 unspecified atom stereocenters. The molecule has 0 bridgehead atoms. The van der Waals surface area contributed by atoms with Gasteiger partial charge in [0.25, 0.3) is 0 Å². The van der Waals surface area contributed by atoms with E-state index >= 15 is 0 Å². The first kappa shape index (κ1) is 14.0. The van der Waals surface area contributed by atoms with Gasteiger partial charge in [0.15, 0.2) is 0 Å². The summed E-state index contributed by atoms with van der Waals surface area (Å²) >= 11 is 0. The van der Waals surface area contributed by atoms with Gasteiger partial charge in [0.05, 0.1) is 11.7 Å². The molecule has 0 N–H and O–H groups in total. The van der Waals surface area contributed by atoms with Gasteiger partial charge in [-0.05, 0) is 18.9 Å². The molecule has 0 aromatic carbocycles. The molecule has 1 saturated heterocycles. The van der Waals surface area contributed by atoms with Crippen molar-refractivity contribution in [3.63, 3.8) is 0 Å². The van der Waals surface area contributed by atoms with Crippen molar-refractivity contribution in [3.8, 4) is 0 Å². The Morgan fingerprint density at radius 1 is 1.19 bits per heavy atom. The van der Waals surface area contributed by atoms with Crippen molar-refractivity contribution in [3.05, 3.63) is 30.6 Å². The van der Waals surface area contributed by atoms with Gasteiger partial charge < -0.3 is 4.90 Å². The second-order valence-electron chi connectivity index (χ2n) is 6.59. The van der Waals surface area contributed by atoms with Crippen LogP contribution >= 0.6 is 0 Å². The number of piperidine rings is 1. The van der Waals surface area contributed by atoms with Crippen LogP contribution in [0.5, 0.6) is 0 Å². The fourth-order valence-corrected chi connectivity index (χ4v) is 2.65. The highest BCUT2D eigenvalue weighted by Gasteiger charge is 2.24. The van der Waals surface area contributed by atoms with E-state index < -0.39 is 0 Å². The summed E-state index contributed by atoms with van der Waals surface area (Å²) in [7, 11) is 0. The van der Waals surface area contributed by atoms with Crippen LogP contribution in [0, 0.1) is 0 Å². The van der Waals surface area contributed by atoms with Gasteiger partial charge >= 0.3 is 0 Å². The van der Waals surface area contributed by atoms with E-state index in [1.165, 1.54) is 0 Å². The number of rotatable bonds is 2. The minimum atomic E-state index is 0.0523. The molecular weight excluding hydrogens is 264 g/mol. The van der Waals surface area contributed by atoms with Gasteiger partial charge in [0, 0.05) is 24.7 Å². The highest BCUT2D eigenvalue weighted by molar-refractivity contribution is 5.32. The van der Waals surface area contributed by atoms with Gasteiger partial charge in [-0.1, -0.05) is 20.8 Å². The second kappa shape index (κ2) is 5.42. The molecule has 1 aliphatic heterocycles. The lowest BCUT2D eigenvalue weighted by atomic mass is 9.92. The Labute approximate surface area is 125 Å². The van der Waals surface area contributed by atoms with Crippen molar-refractivity contribution < 1.29 is 0 Å². The molecule has 3 heterocycles. The highest BCUT2D eigenvalue weighted by Crippen LogP contribution is 2.25. The molecule has 0 amide bonds. The SMILES string of the molecule is CC(C)(C)c1ccnc(N2CCC(n3cncn3)CC2)n1. The fraction of sp³-hybridized carbons (Fsp3) is 0.600. The van der Waals surface area contributed by atoms with Crippen molar-refractivity contribution in [1.29, 1.82) is 0 Å². The van der Waals surface area contributed by atoms with E-state index in [9.17, 15) is 0 Å². The predicted molar refractivity (Wildman–Crippen MR) is 81.2 cm³/mol. The van der Waals surface area contributed by atoms with Crippen molar-refractivity contribution in [2.24, 2.45) is 0 Å². The molecule has 1 fully saturated rings. The summed E-state index contributed by atoms with van der Waals surface area (Å²) in [6.45, 7) is 8.44. The molecule has 112 valence electrons. The zero-order chi connectivity index (χ0) is 14.9. The minimum absolute atomic E-state index is 0.0523. The predicted octanol–water partition coefficient (Wildman–Crippen LogP) is 2.21. The maximum absolute atomic E-state index is 4.74. The van der Waals surface area contributed by atoms with Gasteiger partial charge in [-0.2, -0.15) is 5.10 Å². The molecule has 0 spiro atoms. The third-order valence-electron chi connectivity index (χ3n) is 3.97. The Bertz CT molecular complexity index is 578. The average molecular weight is 286 g/mol. The maximum Gasteiger partial charge on any atom is 0.225 e. The van der Waals surface area contributed by atoms with E-state index in [1.807, 2.05) is 16.9 Å². The Morgan fingerprint density at radius 3 is 2.57 bits per heavy atom. The molecule has 1 aliphatic rings. The van der Waals surface area contributed by atoms with Crippen molar-refractivity contribution in [2.45, 2.75) is 45.1 Å². The second-order valence-corrected chi connectivity index (χ2v) is 6.59. The summed E-state index contributed by atoms with van der Waals surface area (Å²) in [5.74, 6) is 0.847. The first-order valence-corrected chi connectivity index (χ1v) is 7.46. The van der Waals surface area contributed by atoms with Gasteiger partial charge in [-0.15, -0.1) is 0 Å². The Hall–Kier alpha value is -1.98. The van der Waals surface area contributed by atoms with E-state index in [2.05, 4.69) is 40.7 Å². The topological polar surface area (TPSA) is 59.7 Å². The van der Waals surface area contributed by atoms with Gasteiger partial charge in [0.2, 0.25) is 5.95 Å². The quantitative estimate of drug-likeness (QED) is 0.847. The van der Waals surface area contributed by atoms with Gasteiger partial charge in [0.1, 0.15) is 12.7 Å². The molecule has 2 aromatic heterocycles. The van der Waals surface area contributed by atoms with E-state index in [1.54, 1.807) is 12.7 Å². The number of hydrogen-bond donors (Lipinski definition) is 0. The zero-order valence-electron chi connectivity index (χ0n) is 12.9. The first-order chi connectivity index (χ1) is 10.0. The van der Waals surface area contributed by atoms with E-state index in [4.69, 9.17) is 4.98 Å². The number of hydrogen-bond acceptors (Lipinski definition) is 5. The van der Waals surface area contributed by atoms with Gasteiger partial charge in [-0.3, -0.25) is 0 Å². The number of anilines is 1. The van der Waals surface area contributed by atoms with Crippen LogP contribution in [0.1, 0.15) is 45.3 Å². The molecule has 2 aromatic rings. The van der Waals surface area contributed by atoms with Crippen LogP contribution in [-0.4, -0.2) is 37.8 Å². The molecular formula is C15H22N6. The summed E-state index contributed by atoms with van der Waals surface area (Å²) < 4.78 is 1.96. The highest BCUT2D eigenvalue weighted by atomic mass is 15.3.